The van der Waals surface area contributed by atoms with Crippen LogP contribution in [0.2, 0.25) is 0 Å². The standard InChI is InChI=1S/C14H16F2N2/c1-14(2)6-5-10(7-14)18-11-4-3-9(8-17)12(15)13(11)16/h3-4,10,18H,5-7H2,1-2H3. The van der Waals surface area contributed by atoms with Gasteiger partial charge in [-0.1, -0.05) is 13.8 Å². The zero-order valence-electron chi connectivity index (χ0n) is 10.6. The van der Waals surface area contributed by atoms with Crippen molar-refractivity contribution >= 4 is 5.69 Å². The largest absolute Gasteiger partial charge is 0.380 e. The lowest BCUT2D eigenvalue weighted by molar-refractivity contribution is 0.378. The van der Waals surface area contributed by atoms with Crippen molar-refractivity contribution in [1.82, 2.24) is 0 Å². The van der Waals surface area contributed by atoms with Crippen LogP contribution in [0.4, 0.5) is 14.5 Å². The molecule has 1 aromatic carbocycles. The monoisotopic (exact) mass is 250 g/mol. The summed E-state index contributed by atoms with van der Waals surface area (Å²) in [4.78, 5) is 0. The van der Waals surface area contributed by atoms with Crippen LogP contribution in [0.5, 0.6) is 0 Å². The summed E-state index contributed by atoms with van der Waals surface area (Å²) >= 11 is 0. The highest BCUT2D eigenvalue weighted by Gasteiger charge is 2.31. The summed E-state index contributed by atoms with van der Waals surface area (Å²) in [7, 11) is 0. The lowest BCUT2D eigenvalue weighted by Gasteiger charge is -2.19. The summed E-state index contributed by atoms with van der Waals surface area (Å²) in [6.45, 7) is 4.34. The topological polar surface area (TPSA) is 35.8 Å². The molecule has 1 saturated carbocycles. The molecular weight excluding hydrogens is 234 g/mol. The summed E-state index contributed by atoms with van der Waals surface area (Å²) in [5.41, 5.74) is 0.137. The maximum Gasteiger partial charge on any atom is 0.183 e. The zero-order chi connectivity index (χ0) is 13.3. The van der Waals surface area contributed by atoms with Gasteiger partial charge in [0.05, 0.1) is 11.3 Å². The minimum Gasteiger partial charge on any atom is -0.380 e. The highest BCUT2D eigenvalue weighted by molar-refractivity contribution is 5.50. The molecule has 1 atom stereocenters. The highest BCUT2D eigenvalue weighted by Crippen LogP contribution is 2.38. The Hall–Kier alpha value is -1.63. The molecule has 0 bridgehead atoms. The maximum atomic E-state index is 13.7. The first kappa shape index (κ1) is 12.8. The van der Waals surface area contributed by atoms with Gasteiger partial charge in [-0.15, -0.1) is 0 Å². The normalized spacial score (nSPS) is 21.6. The lowest BCUT2D eigenvalue weighted by Crippen LogP contribution is -2.18. The third-order valence-electron chi connectivity index (χ3n) is 3.53. The van der Waals surface area contributed by atoms with E-state index in [0.717, 1.165) is 19.3 Å². The van der Waals surface area contributed by atoms with Gasteiger partial charge in [0.1, 0.15) is 6.07 Å². The Morgan fingerprint density at radius 1 is 1.33 bits per heavy atom. The first-order valence-electron chi connectivity index (χ1n) is 6.07. The maximum absolute atomic E-state index is 13.7. The molecule has 0 amide bonds. The van der Waals surface area contributed by atoms with Crippen molar-refractivity contribution in [3.8, 4) is 6.07 Å². The second-order valence-corrected chi connectivity index (χ2v) is 5.65. The second-order valence-electron chi connectivity index (χ2n) is 5.65. The quantitative estimate of drug-likeness (QED) is 0.866. The molecule has 0 spiro atoms. The van der Waals surface area contributed by atoms with E-state index in [4.69, 9.17) is 5.26 Å². The molecule has 2 nitrogen and oxygen atoms in total. The molecule has 1 aliphatic rings. The van der Waals surface area contributed by atoms with E-state index in [0.29, 0.717) is 0 Å². The minimum atomic E-state index is -1.07. The number of halogens is 2. The first-order valence-corrected chi connectivity index (χ1v) is 6.07. The average Bonchev–Trinajstić information content (AvgIpc) is 2.65. The Balaban J connectivity index is 2.17. The number of anilines is 1. The third-order valence-corrected chi connectivity index (χ3v) is 3.53. The van der Waals surface area contributed by atoms with Crippen molar-refractivity contribution in [2.75, 3.05) is 5.32 Å². The molecule has 1 aromatic rings. The SMILES string of the molecule is CC1(C)CCC(Nc2ccc(C#N)c(F)c2F)C1. The van der Waals surface area contributed by atoms with Gasteiger partial charge in [0.15, 0.2) is 11.6 Å². The van der Waals surface area contributed by atoms with E-state index >= 15 is 0 Å². The predicted octanol–water partition coefficient (Wildman–Crippen LogP) is 3.83. The van der Waals surface area contributed by atoms with Crippen molar-refractivity contribution in [3.63, 3.8) is 0 Å². The Morgan fingerprint density at radius 3 is 2.61 bits per heavy atom. The van der Waals surface area contributed by atoms with E-state index in [9.17, 15) is 8.78 Å². The van der Waals surface area contributed by atoms with E-state index in [1.54, 1.807) is 6.07 Å². The number of nitrogens with zero attached hydrogens (tertiary/aromatic N) is 1. The van der Waals surface area contributed by atoms with Crippen LogP contribution in [-0.2, 0) is 0 Å². The molecule has 1 aliphatic carbocycles. The molecular formula is C14H16F2N2. The van der Waals surface area contributed by atoms with Gasteiger partial charge in [0.2, 0.25) is 0 Å². The van der Waals surface area contributed by atoms with E-state index < -0.39 is 11.6 Å². The van der Waals surface area contributed by atoms with Crippen LogP contribution in [0.1, 0.15) is 38.7 Å². The average molecular weight is 250 g/mol. The summed E-state index contributed by atoms with van der Waals surface area (Å²) < 4.78 is 27.2. The first-order chi connectivity index (χ1) is 8.43. The Labute approximate surface area is 106 Å². The molecule has 1 unspecified atom stereocenters. The minimum absolute atomic E-state index is 0.147. The van der Waals surface area contributed by atoms with Crippen LogP contribution < -0.4 is 5.32 Å². The van der Waals surface area contributed by atoms with Gasteiger partial charge in [-0.3, -0.25) is 0 Å². The van der Waals surface area contributed by atoms with E-state index in [2.05, 4.69) is 19.2 Å². The van der Waals surface area contributed by atoms with Gasteiger partial charge >= 0.3 is 0 Å². The molecule has 0 saturated heterocycles. The number of benzene rings is 1. The number of rotatable bonds is 2. The molecule has 0 radical (unpaired) electrons. The van der Waals surface area contributed by atoms with Crippen LogP contribution >= 0.6 is 0 Å². The van der Waals surface area contributed by atoms with Crippen LogP contribution in [0.25, 0.3) is 0 Å². The summed E-state index contributed by atoms with van der Waals surface area (Å²) in [6.07, 6.45) is 2.97. The Kier molecular flexibility index (Phi) is 3.25. The number of hydrogen-bond acceptors (Lipinski definition) is 2. The van der Waals surface area contributed by atoms with Crippen LogP contribution in [0, 0.1) is 28.4 Å². The molecule has 18 heavy (non-hydrogen) atoms. The van der Waals surface area contributed by atoms with Crippen molar-refractivity contribution in [3.05, 3.63) is 29.3 Å². The fourth-order valence-electron chi connectivity index (χ4n) is 2.53. The fourth-order valence-corrected chi connectivity index (χ4v) is 2.53. The molecule has 0 aliphatic heterocycles. The number of nitrogens with one attached hydrogen (secondary N) is 1. The highest BCUT2D eigenvalue weighted by atomic mass is 19.2. The van der Waals surface area contributed by atoms with Gasteiger partial charge in [-0.2, -0.15) is 5.26 Å². The molecule has 96 valence electrons. The fraction of sp³-hybridized carbons (Fsp3) is 0.500. The van der Waals surface area contributed by atoms with E-state index in [1.807, 2.05) is 0 Å². The number of nitriles is 1. The molecule has 2 rings (SSSR count). The smallest absolute Gasteiger partial charge is 0.183 e. The van der Waals surface area contributed by atoms with Crippen molar-refractivity contribution in [1.29, 1.82) is 5.26 Å². The van der Waals surface area contributed by atoms with Gasteiger partial charge in [0.25, 0.3) is 0 Å². The predicted molar refractivity (Wildman–Crippen MR) is 66.1 cm³/mol. The molecule has 4 heteroatoms. The molecule has 0 heterocycles. The van der Waals surface area contributed by atoms with Crippen molar-refractivity contribution in [2.24, 2.45) is 5.41 Å². The second kappa shape index (κ2) is 4.56. The molecule has 1 fully saturated rings. The van der Waals surface area contributed by atoms with E-state index in [-0.39, 0.29) is 22.7 Å². The van der Waals surface area contributed by atoms with Gasteiger partial charge < -0.3 is 5.32 Å². The summed E-state index contributed by atoms with van der Waals surface area (Å²) in [5, 5.41) is 11.6. The molecule has 1 N–H and O–H groups in total. The zero-order valence-corrected chi connectivity index (χ0v) is 10.6. The Bertz CT molecular complexity index is 503. The molecule has 0 aromatic heterocycles. The van der Waals surface area contributed by atoms with Gasteiger partial charge in [-0.25, -0.2) is 8.78 Å². The van der Waals surface area contributed by atoms with Gasteiger partial charge in [0, 0.05) is 6.04 Å². The summed E-state index contributed by atoms with van der Waals surface area (Å²) in [6, 6.07) is 4.53. The van der Waals surface area contributed by atoms with Crippen molar-refractivity contribution in [2.45, 2.75) is 39.2 Å². The van der Waals surface area contributed by atoms with Crippen LogP contribution in [0.15, 0.2) is 12.1 Å². The van der Waals surface area contributed by atoms with Crippen molar-refractivity contribution < 1.29 is 8.78 Å². The van der Waals surface area contributed by atoms with Crippen LogP contribution in [0.3, 0.4) is 0 Å². The Morgan fingerprint density at radius 2 is 2.06 bits per heavy atom. The number of hydrogen-bond donors (Lipinski definition) is 1. The van der Waals surface area contributed by atoms with Crippen LogP contribution in [-0.4, -0.2) is 6.04 Å². The summed E-state index contributed by atoms with van der Waals surface area (Å²) in [5.74, 6) is -2.03. The van der Waals surface area contributed by atoms with E-state index in [1.165, 1.54) is 12.1 Å². The van der Waals surface area contributed by atoms with Gasteiger partial charge in [-0.05, 0) is 36.8 Å². The lowest BCUT2D eigenvalue weighted by atomic mass is 9.92. The third kappa shape index (κ3) is 2.45.